The fraction of sp³-hybridized carbons (Fsp3) is 0.500. The number of non-ortho nitro benzene ring substituents is 1. The highest BCUT2D eigenvalue weighted by Crippen LogP contribution is 2.23. The van der Waals surface area contributed by atoms with Gasteiger partial charge in [-0.15, -0.1) is 0 Å². The summed E-state index contributed by atoms with van der Waals surface area (Å²) in [5.74, 6) is -1.43. The van der Waals surface area contributed by atoms with E-state index in [0.29, 0.717) is 0 Å². The van der Waals surface area contributed by atoms with Crippen molar-refractivity contribution in [2.75, 3.05) is 0 Å². The summed E-state index contributed by atoms with van der Waals surface area (Å²) in [7, 11) is -7.97. The van der Waals surface area contributed by atoms with Crippen LogP contribution in [0.3, 0.4) is 0 Å². The third kappa shape index (κ3) is 4.96. The zero-order valence-electron chi connectivity index (χ0n) is 12.4. The molecular formula is C12H17NO8S2. The van der Waals surface area contributed by atoms with Crippen LogP contribution < -0.4 is 0 Å². The highest BCUT2D eigenvalue weighted by Gasteiger charge is 2.25. The molecule has 0 bridgehead atoms. The third-order valence-electron chi connectivity index (χ3n) is 3.15. The fourth-order valence-electron chi connectivity index (χ4n) is 1.68. The first-order valence-corrected chi connectivity index (χ1v) is 9.85. The van der Waals surface area contributed by atoms with Crippen LogP contribution in [-0.4, -0.2) is 42.8 Å². The van der Waals surface area contributed by atoms with Crippen molar-refractivity contribution in [3.8, 4) is 0 Å². The highest BCUT2D eigenvalue weighted by molar-refractivity contribution is 7.91. The molecule has 1 aromatic rings. The van der Waals surface area contributed by atoms with Gasteiger partial charge in [0.15, 0.2) is 30.5 Å². The minimum absolute atomic E-state index is 0.0146. The topological polar surface area (TPSA) is 152 Å². The first-order chi connectivity index (χ1) is 10.4. The molecule has 2 unspecified atom stereocenters. The second-order valence-corrected chi connectivity index (χ2v) is 9.62. The largest absolute Gasteiger partial charge is 0.377 e. The summed E-state index contributed by atoms with van der Waals surface area (Å²) in [6, 6.07) is 3.13. The van der Waals surface area contributed by atoms with E-state index in [2.05, 4.69) is 0 Å². The molecule has 0 spiro atoms. The van der Waals surface area contributed by atoms with E-state index < -0.39 is 52.7 Å². The van der Waals surface area contributed by atoms with Gasteiger partial charge in [0, 0.05) is 12.1 Å². The van der Waals surface area contributed by atoms with Gasteiger partial charge in [-0.1, -0.05) is 6.07 Å². The average Bonchev–Trinajstić information content (AvgIpc) is 2.39. The predicted molar refractivity (Wildman–Crippen MR) is 81.7 cm³/mol. The Morgan fingerprint density at radius 3 is 1.83 bits per heavy atom. The number of nitrogens with zero attached hydrogens (tertiary/aromatic N) is 1. The van der Waals surface area contributed by atoms with Crippen molar-refractivity contribution in [3.05, 3.63) is 39.4 Å². The molecule has 0 saturated heterocycles. The van der Waals surface area contributed by atoms with Gasteiger partial charge in [-0.3, -0.25) is 10.1 Å². The summed E-state index contributed by atoms with van der Waals surface area (Å²) in [4.78, 5) is 10.1. The van der Waals surface area contributed by atoms with Crippen molar-refractivity contribution >= 4 is 25.4 Å². The molecule has 23 heavy (non-hydrogen) atoms. The molecule has 1 aromatic carbocycles. The van der Waals surface area contributed by atoms with Crippen LogP contribution in [0.25, 0.3) is 0 Å². The van der Waals surface area contributed by atoms with Gasteiger partial charge in [-0.05, 0) is 25.0 Å². The summed E-state index contributed by atoms with van der Waals surface area (Å²) in [5.41, 5.74) is -3.87. The molecule has 9 nitrogen and oxygen atoms in total. The minimum Gasteiger partial charge on any atom is -0.377 e. The Balaban J connectivity index is 3.39. The molecule has 0 fully saturated rings. The van der Waals surface area contributed by atoms with Gasteiger partial charge in [-0.25, -0.2) is 16.8 Å². The Morgan fingerprint density at radius 2 is 1.43 bits per heavy atom. The van der Waals surface area contributed by atoms with Gasteiger partial charge in [-0.2, -0.15) is 0 Å². The first-order valence-electron chi connectivity index (χ1n) is 6.42. The van der Waals surface area contributed by atoms with E-state index in [-0.39, 0.29) is 11.1 Å². The van der Waals surface area contributed by atoms with Crippen LogP contribution in [0.5, 0.6) is 0 Å². The van der Waals surface area contributed by atoms with Crippen molar-refractivity contribution in [2.24, 2.45) is 0 Å². The number of nitro groups is 1. The number of hydrogen-bond donors (Lipinski definition) is 2. The average molecular weight is 367 g/mol. The molecule has 0 aliphatic carbocycles. The molecule has 0 saturated carbocycles. The number of nitro benzene ring substituents is 1. The van der Waals surface area contributed by atoms with Gasteiger partial charge in [0.25, 0.3) is 5.69 Å². The first kappa shape index (κ1) is 19.5. The summed E-state index contributed by atoms with van der Waals surface area (Å²) in [5, 5.41) is 29.3. The molecule has 1 rings (SSSR count). The lowest BCUT2D eigenvalue weighted by Crippen LogP contribution is -2.22. The molecule has 11 heteroatoms. The van der Waals surface area contributed by atoms with Crippen molar-refractivity contribution < 1.29 is 32.0 Å². The number of sulfone groups is 2. The van der Waals surface area contributed by atoms with E-state index in [4.69, 9.17) is 0 Å². The van der Waals surface area contributed by atoms with Gasteiger partial charge in [0.05, 0.1) is 16.4 Å². The van der Waals surface area contributed by atoms with E-state index >= 15 is 0 Å². The smallest absolute Gasteiger partial charge is 0.269 e. The third-order valence-corrected chi connectivity index (χ3v) is 6.66. The van der Waals surface area contributed by atoms with Crippen LogP contribution in [0.1, 0.15) is 25.0 Å². The van der Waals surface area contributed by atoms with Crippen molar-refractivity contribution in [1.29, 1.82) is 0 Å². The summed E-state index contributed by atoms with van der Waals surface area (Å²) < 4.78 is 47.2. The second-order valence-electron chi connectivity index (χ2n) is 5.02. The monoisotopic (exact) mass is 367 g/mol. The Hall–Kier alpha value is -1.56. The SMILES string of the molecule is CC(O)S(=O)(=O)Cc1ccc([N+](=O)[O-])cc1CS(=O)(=O)C(C)O. The normalized spacial score (nSPS) is 15.1. The van der Waals surface area contributed by atoms with E-state index in [9.17, 15) is 37.2 Å². The maximum Gasteiger partial charge on any atom is 0.269 e. The van der Waals surface area contributed by atoms with Crippen LogP contribution in [0.4, 0.5) is 5.69 Å². The Kier molecular flexibility index (Phi) is 5.85. The molecule has 0 amide bonds. The van der Waals surface area contributed by atoms with E-state index in [1.807, 2.05) is 0 Å². The summed E-state index contributed by atoms with van der Waals surface area (Å²) >= 11 is 0. The highest BCUT2D eigenvalue weighted by atomic mass is 32.2. The summed E-state index contributed by atoms with van der Waals surface area (Å²) in [6.07, 6.45) is 0. The van der Waals surface area contributed by atoms with Crippen LogP contribution >= 0.6 is 0 Å². The molecule has 0 aliphatic heterocycles. The Bertz CT molecular complexity index is 796. The Morgan fingerprint density at radius 1 is 1.00 bits per heavy atom. The van der Waals surface area contributed by atoms with Crippen molar-refractivity contribution in [1.82, 2.24) is 0 Å². The van der Waals surface area contributed by atoms with E-state index in [0.717, 1.165) is 32.0 Å². The number of aliphatic hydroxyl groups is 2. The van der Waals surface area contributed by atoms with Gasteiger partial charge in [0.2, 0.25) is 0 Å². The van der Waals surface area contributed by atoms with E-state index in [1.54, 1.807) is 0 Å². The number of aliphatic hydroxyl groups excluding tert-OH is 2. The lowest BCUT2D eigenvalue weighted by molar-refractivity contribution is -0.384. The molecule has 2 atom stereocenters. The molecule has 0 heterocycles. The molecule has 130 valence electrons. The lowest BCUT2D eigenvalue weighted by atomic mass is 10.1. The number of rotatable bonds is 7. The van der Waals surface area contributed by atoms with Gasteiger partial charge < -0.3 is 10.2 Å². The lowest BCUT2D eigenvalue weighted by Gasteiger charge is -2.13. The maximum atomic E-state index is 11.8. The molecule has 0 aromatic heterocycles. The van der Waals surface area contributed by atoms with Crippen LogP contribution in [-0.2, 0) is 31.2 Å². The standard InChI is InChI=1S/C12H17NO8S2/c1-8(14)22(18,19)6-10-3-4-12(13(16)17)5-11(10)7-23(20,21)9(2)15/h3-5,8-9,14-15H,6-7H2,1-2H3. The Labute approximate surface area is 133 Å². The molecular weight excluding hydrogens is 350 g/mol. The van der Waals surface area contributed by atoms with E-state index in [1.165, 1.54) is 0 Å². The van der Waals surface area contributed by atoms with Crippen LogP contribution in [0.15, 0.2) is 18.2 Å². The quantitative estimate of drug-likeness (QED) is 0.508. The predicted octanol–water partition coefficient (Wildman–Crippen LogP) is 0.101. The zero-order valence-corrected chi connectivity index (χ0v) is 14.0. The second kappa shape index (κ2) is 6.91. The van der Waals surface area contributed by atoms with Crippen molar-refractivity contribution in [2.45, 2.75) is 36.2 Å². The number of hydrogen-bond acceptors (Lipinski definition) is 8. The zero-order chi connectivity index (χ0) is 18.0. The van der Waals surface area contributed by atoms with Gasteiger partial charge >= 0.3 is 0 Å². The van der Waals surface area contributed by atoms with Gasteiger partial charge in [0.1, 0.15) is 0 Å². The summed E-state index contributed by atoms with van der Waals surface area (Å²) in [6.45, 7) is 2.08. The molecule has 2 N–H and O–H groups in total. The van der Waals surface area contributed by atoms with Crippen LogP contribution in [0.2, 0.25) is 0 Å². The maximum absolute atomic E-state index is 11.8. The van der Waals surface area contributed by atoms with Crippen LogP contribution in [0, 0.1) is 10.1 Å². The number of benzene rings is 1. The molecule has 0 aliphatic rings. The minimum atomic E-state index is -4.02. The van der Waals surface area contributed by atoms with Crippen molar-refractivity contribution in [3.63, 3.8) is 0 Å². The molecule has 0 radical (unpaired) electrons. The fourth-order valence-corrected chi connectivity index (χ4v) is 3.58.